The van der Waals surface area contributed by atoms with Gasteiger partial charge in [-0.05, 0) is 19.2 Å². The number of aromatic nitrogens is 2. The Hall–Kier alpha value is -1.53. The molecule has 0 saturated heterocycles. The fourth-order valence-electron chi connectivity index (χ4n) is 1.53. The second kappa shape index (κ2) is 7.03. The minimum Gasteiger partial charge on any atom is -0.327 e. The van der Waals surface area contributed by atoms with Crippen molar-refractivity contribution in [3.05, 3.63) is 29.4 Å². The monoisotopic (exact) mass is 254 g/mol. The molecule has 100 valence electrons. The third kappa shape index (κ3) is 3.75. The van der Waals surface area contributed by atoms with Crippen molar-refractivity contribution in [2.75, 3.05) is 20.1 Å². The quantitative estimate of drug-likeness (QED) is 0.736. The zero-order valence-electron chi connectivity index (χ0n) is 10.8. The van der Waals surface area contributed by atoms with Crippen LogP contribution in [0.3, 0.4) is 0 Å². The SMILES string of the molecule is CCN(C)Cc1cn(C/C(=C/F)CN)nc1C=O. The summed E-state index contributed by atoms with van der Waals surface area (Å²) < 4.78 is 14.0. The van der Waals surface area contributed by atoms with Crippen molar-refractivity contribution < 1.29 is 9.18 Å². The zero-order valence-corrected chi connectivity index (χ0v) is 10.8. The molecule has 0 unspecified atom stereocenters. The Labute approximate surface area is 106 Å². The molecule has 0 saturated carbocycles. The number of halogens is 1. The lowest BCUT2D eigenvalue weighted by Gasteiger charge is -2.12. The molecule has 1 rings (SSSR count). The van der Waals surface area contributed by atoms with E-state index in [2.05, 4.69) is 10.00 Å². The average molecular weight is 254 g/mol. The van der Waals surface area contributed by atoms with Crippen molar-refractivity contribution in [2.45, 2.75) is 20.0 Å². The molecule has 6 heteroatoms. The van der Waals surface area contributed by atoms with Crippen LogP contribution in [0.25, 0.3) is 0 Å². The first-order valence-electron chi connectivity index (χ1n) is 5.82. The van der Waals surface area contributed by atoms with Crippen LogP contribution < -0.4 is 5.73 Å². The van der Waals surface area contributed by atoms with Crippen LogP contribution in [0.5, 0.6) is 0 Å². The van der Waals surface area contributed by atoms with E-state index in [9.17, 15) is 9.18 Å². The van der Waals surface area contributed by atoms with Crippen LogP contribution in [0, 0.1) is 0 Å². The summed E-state index contributed by atoms with van der Waals surface area (Å²) in [6.07, 6.45) is 2.96. The maximum atomic E-state index is 12.4. The van der Waals surface area contributed by atoms with Gasteiger partial charge in [-0.3, -0.25) is 9.48 Å². The van der Waals surface area contributed by atoms with Crippen molar-refractivity contribution in [3.63, 3.8) is 0 Å². The molecular formula is C12H19FN4O. The minimum absolute atomic E-state index is 0.136. The number of nitrogens with two attached hydrogens (primary N) is 1. The van der Waals surface area contributed by atoms with E-state index in [-0.39, 0.29) is 13.1 Å². The lowest BCUT2D eigenvalue weighted by molar-refractivity contribution is 0.111. The van der Waals surface area contributed by atoms with Crippen LogP contribution in [0.2, 0.25) is 0 Å². The summed E-state index contributed by atoms with van der Waals surface area (Å²) in [5.41, 5.74) is 7.05. The summed E-state index contributed by atoms with van der Waals surface area (Å²) >= 11 is 0. The van der Waals surface area contributed by atoms with Gasteiger partial charge >= 0.3 is 0 Å². The summed E-state index contributed by atoms with van der Waals surface area (Å²) in [6, 6.07) is 0. The highest BCUT2D eigenvalue weighted by Gasteiger charge is 2.10. The molecule has 1 aromatic heterocycles. The van der Waals surface area contributed by atoms with E-state index in [1.165, 1.54) is 0 Å². The third-order valence-electron chi connectivity index (χ3n) is 2.74. The van der Waals surface area contributed by atoms with Crippen LogP contribution in [-0.2, 0) is 13.1 Å². The van der Waals surface area contributed by atoms with Gasteiger partial charge in [-0.25, -0.2) is 4.39 Å². The first kappa shape index (κ1) is 14.5. The van der Waals surface area contributed by atoms with Gasteiger partial charge in [0.05, 0.1) is 12.9 Å². The number of aldehydes is 1. The predicted molar refractivity (Wildman–Crippen MR) is 67.9 cm³/mol. The molecule has 0 aliphatic heterocycles. The second-order valence-corrected chi connectivity index (χ2v) is 4.16. The molecule has 5 nitrogen and oxygen atoms in total. The lowest BCUT2D eigenvalue weighted by Crippen LogP contribution is -2.17. The van der Waals surface area contributed by atoms with Gasteiger partial charge in [-0.15, -0.1) is 0 Å². The summed E-state index contributed by atoms with van der Waals surface area (Å²) in [7, 11) is 1.96. The van der Waals surface area contributed by atoms with E-state index in [1.807, 2.05) is 14.0 Å². The molecule has 0 aliphatic carbocycles. The number of carbonyl (C=O) groups excluding carboxylic acids is 1. The van der Waals surface area contributed by atoms with Crippen LogP contribution in [0.1, 0.15) is 23.0 Å². The standard InChI is InChI=1S/C12H19FN4O/c1-3-16(2)7-11-8-17(15-12(11)9-18)6-10(4-13)5-14/h4,8-9H,3,5-7,14H2,1-2H3/b10-4+. The Kier molecular flexibility index (Phi) is 5.67. The van der Waals surface area contributed by atoms with Crippen molar-refractivity contribution in [1.82, 2.24) is 14.7 Å². The lowest BCUT2D eigenvalue weighted by atomic mass is 10.2. The van der Waals surface area contributed by atoms with Crippen molar-refractivity contribution in [2.24, 2.45) is 5.73 Å². The number of carbonyl (C=O) groups is 1. The summed E-state index contributed by atoms with van der Waals surface area (Å²) in [5.74, 6) is 0. The maximum absolute atomic E-state index is 12.4. The fraction of sp³-hybridized carbons (Fsp3) is 0.500. The van der Waals surface area contributed by atoms with Gasteiger partial charge in [0.25, 0.3) is 0 Å². The van der Waals surface area contributed by atoms with E-state index in [4.69, 9.17) is 5.73 Å². The fourth-order valence-corrected chi connectivity index (χ4v) is 1.53. The second-order valence-electron chi connectivity index (χ2n) is 4.16. The molecule has 0 atom stereocenters. The van der Waals surface area contributed by atoms with Crippen LogP contribution in [0.15, 0.2) is 18.1 Å². The van der Waals surface area contributed by atoms with E-state index in [0.29, 0.717) is 24.1 Å². The molecule has 0 fully saturated rings. The zero-order chi connectivity index (χ0) is 13.5. The molecule has 0 radical (unpaired) electrons. The highest BCUT2D eigenvalue weighted by Crippen LogP contribution is 2.09. The Morgan fingerprint density at radius 1 is 1.67 bits per heavy atom. The molecule has 18 heavy (non-hydrogen) atoms. The van der Waals surface area contributed by atoms with Gasteiger partial charge in [0.2, 0.25) is 0 Å². The molecule has 1 aromatic rings. The van der Waals surface area contributed by atoms with E-state index in [0.717, 1.165) is 18.4 Å². The molecule has 1 heterocycles. The van der Waals surface area contributed by atoms with Gasteiger partial charge in [0, 0.05) is 24.8 Å². The first-order chi connectivity index (χ1) is 8.64. The number of hydrogen-bond donors (Lipinski definition) is 1. The highest BCUT2D eigenvalue weighted by molar-refractivity contribution is 5.73. The Balaban J connectivity index is 2.86. The Bertz CT molecular complexity index is 428. The number of hydrogen-bond acceptors (Lipinski definition) is 4. The number of nitrogens with zero attached hydrogens (tertiary/aromatic N) is 3. The Morgan fingerprint density at radius 2 is 2.39 bits per heavy atom. The van der Waals surface area contributed by atoms with Crippen LogP contribution >= 0.6 is 0 Å². The first-order valence-corrected chi connectivity index (χ1v) is 5.82. The average Bonchev–Trinajstić information content (AvgIpc) is 2.77. The Morgan fingerprint density at radius 3 is 2.89 bits per heavy atom. The largest absolute Gasteiger partial charge is 0.327 e. The van der Waals surface area contributed by atoms with Crippen molar-refractivity contribution in [3.8, 4) is 0 Å². The van der Waals surface area contributed by atoms with Crippen molar-refractivity contribution in [1.29, 1.82) is 0 Å². The van der Waals surface area contributed by atoms with Gasteiger partial charge in [0.1, 0.15) is 5.69 Å². The van der Waals surface area contributed by atoms with E-state index in [1.54, 1.807) is 10.9 Å². The summed E-state index contributed by atoms with van der Waals surface area (Å²) in [6.45, 7) is 3.95. The van der Waals surface area contributed by atoms with Gasteiger partial charge in [-0.1, -0.05) is 6.92 Å². The molecule has 2 N–H and O–H groups in total. The smallest absolute Gasteiger partial charge is 0.170 e. The number of rotatable bonds is 7. The molecule has 0 bridgehead atoms. The van der Waals surface area contributed by atoms with Crippen LogP contribution in [-0.4, -0.2) is 41.1 Å². The van der Waals surface area contributed by atoms with Crippen molar-refractivity contribution >= 4 is 6.29 Å². The van der Waals surface area contributed by atoms with E-state index < -0.39 is 0 Å². The maximum Gasteiger partial charge on any atom is 0.170 e. The van der Waals surface area contributed by atoms with Gasteiger partial charge < -0.3 is 10.6 Å². The van der Waals surface area contributed by atoms with Gasteiger partial charge in [-0.2, -0.15) is 5.10 Å². The molecular weight excluding hydrogens is 235 g/mol. The van der Waals surface area contributed by atoms with Crippen LogP contribution in [0.4, 0.5) is 4.39 Å². The van der Waals surface area contributed by atoms with Gasteiger partial charge in [0.15, 0.2) is 6.29 Å². The minimum atomic E-state index is 0.136. The molecule has 0 amide bonds. The molecule has 0 aliphatic rings. The normalized spacial score (nSPS) is 12.2. The predicted octanol–water partition coefficient (Wildman–Crippen LogP) is 0.959. The van der Waals surface area contributed by atoms with E-state index >= 15 is 0 Å². The summed E-state index contributed by atoms with van der Waals surface area (Å²) in [5, 5.41) is 4.11. The molecule has 0 aromatic carbocycles. The highest BCUT2D eigenvalue weighted by atomic mass is 19.1. The topological polar surface area (TPSA) is 64.2 Å². The summed E-state index contributed by atoms with van der Waals surface area (Å²) in [4.78, 5) is 13.0. The third-order valence-corrected chi connectivity index (χ3v) is 2.74. The molecule has 0 spiro atoms.